The summed E-state index contributed by atoms with van der Waals surface area (Å²) in [6, 6.07) is 6.56. The molecule has 2 aromatic carbocycles. The molecule has 14 heteroatoms. The first kappa shape index (κ1) is 32.2. The zero-order chi connectivity index (χ0) is 34.1. The highest BCUT2D eigenvalue weighted by molar-refractivity contribution is 7.14. The Morgan fingerprint density at radius 2 is 1.83 bits per heavy atom. The van der Waals surface area contributed by atoms with Crippen LogP contribution in [0.2, 0.25) is 0 Å². The number of aromatic hydroxyl groups is 1. The van der Waals surface area contributed by atoms with Gasteiger partial charge in [-0.05, 0) is 68.8 Å². The van der Waals surface area contributed by atoms with Crippen molar-refractivity contribution in [2.75, 3.05) is 38.4 Å². The molecule has 0 bridgehead atoms. The van der Waals surface area contributed by atoms with Gasteiger partial charge in [0, 0.05) is 54.3 Å². The lowest BCUT2D eigenvalue weighted by Gasteiger charge is -2.50. The van der Waals surface area contributed by atoms with E-state index in [1.54, 1.807) is 46.4 Å². The highest BCUT2D eigenvalue weighted by atomic mass is 32.1. The smallest absolute Gasteiger partial charge is 0.255 e. The van der Waals surface area contributed by atoms with Gasteiger partial charge in [-0.1, -0.05) is 0 Å². The predicted octanol–water partition coefficient (Wildman–Crippen LogP) is 2.90. The quantitative estimate of drug-likeness (QED) is 0.204. The molecule has 3 aliphatic rings. The highest BCUT2D eigenvalue weighted by Gasteiger charge is 2.64. The summed E-state index contributed by atoms with van der Waals surface area (Å²) in [6.45, 7) is 0.0838. The number of aromatic nitrogens is 1. The lowest BCUT2D eigenvalue weighted by molar-refractivity contribution is -0.153. The Balaban J connectivity index is 1.41. The minimum Gasteiger partial charge on any atom is -0.508 e. The fraction of sp³-hybridized carbons (Fsp3) is 0.333. The van der Waals surface area contributed by atoms with Crippen molar-refractivity contribution in [2.45, 2.75) is 31.0 Å². The second-order valence-electron chi connectivity index (χ2n) is 12.5. The van der Waals surface area contributed by atoms with Gasteiger partial charge >= 0.3 is 0 Å². The number of nitrogens with one attached hydrogen (secondary N) is 1. The van der Waals surface area contributed by atoms with Gasteiger partial charge in [-0.3, -0.25) is 19.3 Å². The van der Waals surface area contributed by atoms with E-state index in [1.165, 1.54) is 28.4 Å². The maximum Gasteiger partial charge on any atom is 0.255 e. The number of Topliss-reactive ketones (excluding diaryl/α,β-unsaturated/α-hetero) is 2. The van der Waals surface area contributed by atoms with Crippen molar-refractivity contribution >= 4 is 45.4 Å². The lowest BCUT2D eigenvalue weighted by atomic mass is 9.57. The number of carbonyl (C=O) groups is 3. The number of ketones is 2. The summed E-state index contributed by atoms with van der Waals surface area (Å²) in [5.74, 6) is -7.33. The number of rotatable bonds is 7. The summed E-state index contributed by atoms with van der Waals surface area (Å²) in [7, 11) is 6.72. The number of carbonyl (C=O) groups excluding carboxylic acids is 3. The average molecular weight is 664 g/mol. The van der Waals surface area contributed by atoms with E-state index in [4.69, 9.17) is 5.73 Å². The summed E-state index contributed by atoms with van der Waals surface area (Å²) < 4.78 is 13.4. The lowest BCUT2D eigenvalue weighted by Crippen LogP contribution is -2.65. The van der Waals surface area contributed by atoms with Crippen LogP contribution in [-0.2, 0) is 27.3 Å². The monoisotopic (exact) mass is 663 g/mol. The number of amides is 1. The molecule has 0 radical (unpaired) electrons. The molecule has 0 aliphatic heterocycles. The van der Waals surface area contributed by atoms with Crippen LogP contribution < -0.4 is 16.0 Å². The number of benzene rings is 2. The minimum absolute atomic E-state index is 0.00311. The molecule has 12 nitrogen and oxygen atoms in total. The van der Waals surface area contributed by atoms with E-state index in [1.807, 2.05) is 10.3 Å². The number of phenols is 1. The van der Waals surface area contributed by atoms with E-state index in [9.17, 15) is 39.2 Å². The molecule has 1 aromatic heterocycles. The number of aliphatic hydroxyl groups excluding tert-OH is 2. The number of hydrogen-bond acceptors (Lipinski definition) is 12. The second kappa shape index (κ2) is 11.5. The summed E-state index contributed by atoms with van der Waals surface area (Å²) in [6.07, 6.45) is 0.181. The van der Waals surface area contributed by atoms with Gasteiger partial charge in [0.05, 0.1) is 17.3 Å². The third-order valence-corrected chi connectivity index (χ3v) is 10.1. The first-order chi connectivity index (χ1) is 22.2. The summed E-state index contributed by atoms with van der Waals surface area (Å²) in [4.78, 5) is 47.6. The zero-order valence-corrected chi connectivity index (χ0v) is 26.9. The number of nitrogens with two attached hydrogens (primary N) is 1. The predicted molar refractivity (Wildman–Crippen MR) is 173 cm³/mol. The maximum atomic E-state index is 14.2. The Morgan fingerprint density at radius 3 is 2.45 bits per heavy atom. The number of nitrogens with zero attached hydrogens (tertiary/aromatic N) is 3. The van der Waals surface area contributed by atoms with Crippen molar-refractivity contribution in [3.63, 3.8) is 0 Å². The first-order valence-electron chi connectivity index (χ1n) is 14.8. The fourth-order valence-electron chi connectivity index (χ4n) is 7.16. The number of hydrogen-bond donors (Lipinski definition) is 6. The van der Waals surface area contributed by atoms with Gasteiger partial charge in [0.1, 0.15) is 28.7 Å². The van der Waals surface area contributed by atoms with Crippen LogP contribution in [0.3, 0.4) is 0 Å². The molecule has 1 heterocycles. The van der Waals surface area contributed by atoms with Gasteiger partial charge in [0.2, 0.25) is 5.78 Å². The number of primary amides is 1. The van der Waals surface area contributed by atoms with Gasteiger partial charge < -0.3 is 36.4 Å². The summed E-state index contributed by atoms with van der Waals surface area (Å²) >= 11 is 1.32. The molecule has 1 unspecified atom stereocenters. The number of aliphatic hydroxyl groups is 3. The van der Waals surface area contributed by atoms with Crippen molar-refractivity contribution in [2.24, 2.45) is 17.6 Å². The Hall–Kier alpha value is -4.79. The van der Waals surface area contributed by atoms with Crippen molar-refractivity contribution < 1.29 is 39.2 Å². The third-order valence-electron chi connectivity index (χ3n) is 9.33. The van der Waals surface area contributed by atoms with E-state index < -0.39 is 58.0 Å². The van der Waals surface area contributed by atoms with Gasteiger partial charge in [-0.15, -0.1) is 11.3 Å². The number of phenolic OH excluding ortho intramolecular Hbond substituents is 1. The van der Waals surface area contributed by atoms with Crippen LogP contribution in [0.25, 0.3) is 17.0 Å². The van der Waals surface area contributed by atoms with Crippen LogP contribution in [0.4, 0.5) is 15.2 Å². The summed E-state index contributed by atoms with van der Waals surface area (Å²) in [5.41, 5.74) is 4.62. The molecule has 1 amide bonds. The number of likely N-dealkylation sites (N-methyl/N-ethyl adjacent to an activating group) is 1. The molecule has 7 N–H and O–H groups in total. The van der Waals surface area contributed by atoms with Crippen LogP contribution in [0.5, 0.6) is 5.75 Å². The molecule has 0 saturated heterocycles. The molecule has 0 spiro atoms. The van der Waals surface area contributed by atoms with E-state index in [2.05, 4.69) is 10.3 Å². The van der Waals surface area contributed by atoms with Crippen LogP contribution in [0.15, 0.2) is 52.6 Å². The first-order valence-corrected chi connectivity index (χ1v) is 15.7. The molecular weight excluding hydrogens is 629 g/mol. The second-order valence-corrected chi connectivity index (χ2v) is 13.4. The molecule has 3 aliphatic carbocycles. The molecule has 1 saturated carbocycles. The van der Waals surface area contributed by atoms with E-state index in [-0.39, 0.29) is 42.1 Å². The SMILES string of the molecule is CN(C)c1cc(CNc2nc(-c3ccc(F)cc3)cs2)c(O)c2c1C[C@H]1C[C@H]3C(N(C)C)C(=O)C(C(N)=O)=C(O)[C@@]3(O)C(=O)C1=C2O. The van der Waals surface area contributed by atoms with Crippen LogP contribution in [0, 0.1) is 17.7 Å². The van der Waals surface area contributed by atoms with Crippen molar-refractivity contribution in [1.82, 2.24) is 9.88 Å². The van der Waals surface area contributed by atoms with E-state index >= 15 is 0 Å². The largest absolute Gasteiger partial charge is 0.508 e. The average Bonchev–Trinajstić information content (AvgIpc) is 3.47. The minimum atomic E-state index is -2.71. The Kier molecular flexibility index (Phi) is 7.85. The zero-order valence-electron chi connectivity index (χ0n) is 26.0. The number of halogens is 1. The van der Waals surface area contributed by atoms with Crippen molar-refractivity contribution in [1.29, 1.82) is 0 Å². The normalized spacial score (nSPS) is 23.9. The maximum absolute atomic E-state index is 14.2. The molecule has 47 heavy (non-hydrogen) atoms. The molecule has 4 atom stereocenters. The van der Waals surface area contributed by atoms with Crippen LogP contribution in [0.1, 0.15) is 23.1 Å². The molecule has 3 aromatic rings. The topological polar surface area (TPSA) is 190 Å². The van der Waals surface area contributed by atoms with Crippen molar-refractivity contribution in [3.8, 4) is 17.0 Å². The number of anilines is 2. The van der Waals surface area contributed by atoms with E-state index in [0.717, 1.165) is 5.56 Å². The summed E-state index contributed by atoms with van der Waals surface area (Å²) in [5, 5.41) is 51.7. The molecule has 1 fully saturated rings. The molecule has 246 valence electrons. The molecule has 6 rings (SSSR count). The Labute approximate surface area is 273 Å². The number of thiazole rings is 1. The van der Waals surface area contributed by atoms with Crippen molar-refractivity contribution in [3.05, 3.63) is 75.1 Å². The van der Waals surface area contributed by atoms with Gasteiger partial charge in [0.15, 0.2) is 16.5 Å². The Bertz CT molecular complexity index is 1900. The Morgan fingerprint density at radius 1 is 1.15 bits per heavy atom. The van der Waals surface area contributed by atoms with Gasteiger partial charge in [-0.25, -0.2) is 9.37 Å². The van der Waals surface area contributed by atoms with Crippen LogP contribution in [-0.4, -0.2) is 87.6 Å². The third kappa shape index (κ3) is 4.94. The van der Waals surface area contributed by atoms with Crippen LogP contribution >= 0.6 is 11.3 Å². The van der Waals surface area contributed by atoms with E-state index in [0.29, 0.717) is 27.6 Å². The number of fused-ring (bicyclic) bond motifs is 3. The fourth-order valence-corrected chi connectivity index (χ4v) is 7.88. The standard InChI is InChI=1S/C33H34FN5O7S/c1-38(2)21-11-16(12-36-32-37-20(13-47-32)14-5-7-17(34)8-6-14)26(40)23-18(21)9-15-10-19-25(39(3)4)28(42)24(31(35)45)30(44)33(19,46)29(43)22(15)27(23)41/h5-8,11,13,15,19,25,40-41,44,46H,9-10,12H2,1-4H3,(H2,35,45)(H,36,37)/t15-,19-,25?,33-/m0/s1. The highest BCUT2D eigenvalue weighted by Crippen LogP contribution is 2.54. The molecular formula is C33H34FN5O7S. The van der Waals surface area contributed by atoms with Gasteiger partial charge in [0.25, 0.3) is 5.91 Å². The van der Waals surface area contributed by atoms with Gasteiger partial charge in [-0.2, -0.15) is 0 Å².